The lowest BCUT2D eigenvalue weighted by atomic mass is 10.2. The Morgan fingerprint density at radius 2 is 1.93 bits per heavy atom. The van der Waals surface area contributed by atoms with E-state index in [1.807, 2.05) is 23.1 Å². The van der Waals surface area contributed by atoms with E-state index in [9.17, 15) is 9.59 Å². The molecule has 8 heteroatoms. The molecule has 0 aliphatic carbocycles. The minimum absolute atomic E-state index is 0.0808. The van der Waals surface area contributed by atoms with Gasteiger partial charge in [0.05, 0.1) is 16.7 Å². The van der Waals surface area contributed by atoms with Crippen LogP contribution in [-0.4, -0.2) is 57.2 Å². The molecule has 3 aromatic rings. The molecule has 1 aliphatic heterocycles. The van der Waals surface area contributed by atoms with E-state index in [1.54, 1.807) is 24.5 Å². The van der Waals surface area contributed by atoms with E-state index < -0.39 is 0 Å². The number of piperazine rings is 1. The molecule has 0 radical (unpaired) electrons. The predicted molar refractivity (Wildman–Crippen MR) is 114 cm³/mol. The highest BCUT2D eigenvalue weighted by Gasteiger charge is 2.22. The number of para-hydroxylation sites is 1. The summed E-state index contributed by atoms with van der Waals surface area (Å²) in [5.41, 5.74) is 0.588. The van der Waals surface area contributed by atoms with Gasteiger partial charge in [0.15, 0.2) is 5.16 Å². The smallest absolute Gasteiger partial charge is 0.261 e. The van der Waals surface area contributed by atoms with Gasteiger partial charge in [0.25, 0.3) is 5.56 Å². The van der Waals surface area contributed by atoms with Gasteiger partial charge in [-0.1, -0.05) is 30.0 Å². The van der Waals surface area contributed by atoms with Gasteiger partial charge in [-0.15, -0.1) is 11.3 Å². The average Bonchev–Trinajstić information content (AvgIpc) is 3.23. The normalized spacial score (nSPS) is 15.2. The number of fused-ring (bicyclic) bond motifs is 1. The third-order valence-corrected chi connectivity index (χ3v) is 6.83. The highest BCUT2D eigenvalue weighted by Crippen LogP contribution is 2.18. The van der Waals surface area contributed by atoms with Crippen molar-refractivity contribution in [3.8, 4) is 0 Å². The largest absolute Gasteiger partial charge is 0.339 e. The number of amides is 1. The van der Waals surface area contributed by atoms with Gasteiger partial charge in [-0.3, -0.25) is 19.1 Å². The number of carbonyl (C=O) groups excluding carboxylic acids is 1. The zero-order valence-corrected chi connectivity index (χ0v) is 17.3. The first-order valence-corrected chi connectivity index (χ1v) is 11.1. The van der Waals surface area contributed by atoms with Crippen LogP contribution >= 0.6 is 23.1 Å². The molecule has 6 nitrogen and oxygen atoms in total. The van der Waals surface area contributed by atoms with Crippen LogP contribution in [-0.2, 0) is 18.4 Å². The van der Waals surface area contributed by atoms with E-state index in [4.69, 9.17) is 0 Å². The summed E-state index contributed by atoms with van der Waals surface area (Å²) < 4.78 is 1.53. The summed E-state index contributed by atoms with van der Waals surface area (Å²) in [5, 5.41) is 3.27. The van der Waals surface area contributed by atoms with Crippen molar-refractivity contribution in [2.75, 3.05) is 31.9 Å². The predicted octanol–water partition coefficient (Wildman–Crippen LogP) is 2.43. The minimum atomic E-state index is -0.0808. The first-order chi connectivity index (χ1) is 13.6. The van der Waals surface area contributed by atoms with Crippen LogP contribution in [0.25, 0.3) is 10.9 Å². The lowest BCUT2D eigenvalue weighted by molar-refractivity contribution is -0.130. The van der Waals surface area contributed by atoms with Crippen molar-refractivity contribution in [1.82, 2.24) is 19.4 Å². The van der Waals surface area contributed by atoms with Crippen molar-refractivity contribution in [1.29, 1.82) is 0 Å². The number of thioether (sulfide) groups is 1. The maximum atomic E-state index is 12.6. The molecule has 3 heterocycles. The number of aromatic nitrogens is 2. The number of nitrogens with zero attached hydrogens (tertiary/aromatic N) is 4. The molecule has 1 aliphatic rings. The van der Waals surface area contributed by atoms with Crippen molar-refractivity contribution in [2.24, 2.45) is 7.05 Å². The van der Waals surface area contributed by atoms with E-state index >= 15 is 0 Å². The van der Waals surface area contributed by atoms with E-state index in [1.165, 1.54) is 21.2 Å². The summed E-state index contributed by atoms with van der Waals surface area (Å²) in [4.78, 5) is 35.3. The second kappa shape index (κ2) is 8.46. The molecule has 0 saturated carbocycles. The first kappa shape index (κ1) is 19.2. The van der Waals surface area contributed by atoms with Crippen LogP contribution in [0.5, 0.6) is 0 Å². The highest BCUT2D eigenvalue weighted by atomic mass is 32.2. The van der Waals surface area contributed by atoms with Gasteiger partial charge < -0.3 is 4.90 Å². The van der Waals surface area contributed by atoms with E-state index in [-0.39, 0.29) is 11.5 Å². The molecule has 0 atom stereocenters. The van der Waals surface area contributed by atoms with Crippen LogP contribution in [0.15, 0.2) is 51.7 Å². The molecule has 146 valence electrons. The van der Waals surface area contributed by atoms with Gasteiger partial charge in [-0.25, -0.2) is 4.98 Å². The third kappa shape index (κ3) is 4.14. The van der Waals surface area contributed by atoms with Crippen molar-refractivity contribution in [2.45, 2.75) is 11.7 Å². The van der Waals surface area contributed by atoms with Crippen molar-refractivity contribution in [3.63, 3.8) is 0 Å². The Morgan fingerprint density at radius 3 is 2.68 bits per heavy atom. The van der Waals surface area contributed by atoms with Gasteiger partial charge in [0, 0.05) is 44.6 Å². The monoisotopic (exact) mass is 414 g/mol. The quantitative estimate of drug-likeness (QED) is 0.474. The number of benzene rings is 1. The van der Waals surface area contributed by atoms with Crippen LogP contribution < -0.4 is 5.56 Å². The molecular formula is C20H22N4O2S2. The summed E-state index contributed by atoms with van der Waals surface area (Å²) in [6, 6.07) is 11.5. The average molecular weight is 415 g/mol. The van der Waals surface area contributed by atoms with Gasteiger partial charge in [0.2, 0.25) is 5.91 Å². The lowest BCUT2D eigenvalue weighted by Crippen LogP contribution is -2.48. The fraction of sp³-hybridized carbons (Fsp3) is 0.350. The molecule has 1 amide bonds. The Morgan fingerprint density at radius 1 is 1.14 bits per heavy atom. The molecule has 1 aromatic carbocycles. The number of thiophene rings is 1. The maximum absolute atomic E-state index is 12.6. The number of carbonyl (C=O) groups is 1. The van der Waals surface area contributed by atoms with E-state index in [0.717, 1.165) is 32.7 Å². The standard InChI is InChI=1S/C20H22N4O2S2/c1-22-19(26)16-6-2-3-7-17(16)21-20(22)28-14-18(25)24-10-8-23(9-11-24)13-15-5-4-12-27-15/h2-7,12H,8-11,13-14H2,1H3. The van der Waals surface area contributed by atoms with Gasteiger partial charge in [-0.2, -0.15) is 0 Å². The Labute approximate surface area is 171 Å². The van der Waals surface area contributed by atoms with E-state index in [0.29, 0.717) is 21.8 Å². The van der Waals surface area contributed by atoms with Gasteiger partial charge in [0.1, 0.15) is 0 Å². The fourth-order valence-corrected chi connectivity index (χ4v) is 4.94. The molecule has 28 heavy (non-hydrogen) atoms. The third-order valence-electron chi connectivity index (χ3n) is 4.95. The van der Waals surface area contributed by atoms with Gasteiger partial charge in [-0.05, 0) is 23.6 Å². The number of rotatable bonds is 5. The number of hydrogen-bond donors (Lipinski definition) is 0. The maximum Gasteiger partial charge on any atom is 0.261 e. The van der Waals surface area contributed by atoms with E-state index in [2.05, 4.69) is 27.4 Å². The number of hydrogen-bond acceptors (Lipinski definition) is 6. The summed E-state index contributed by atoms with van der Waals surface area (Å²) in [6.45, 7) is 4.23. The second-order valence-corrected chi connectivity index (χ2v) is 8.78. The first-order valence-electron chi connectivity index (χ1n) is 9.23. The Balaban J connectivity index is 1.34. The Kier molecular flexibility index (Phi) is 5.79. The summed E-state index contributed by atoms with van der Waals surface area (Å²) >= 11 is 3.10. The van der Waals surface area contributed by atoms with Crippen molar-refractivity contribution in [3.05, 3.63) is 57.0 Å². The fourth-order valence-electron chi connectivity index (χ4n) is 3.32. The Hall–Kier alpha value is -2.16. The molecule has 1 saturated heterocycles. The highest BCUT2D eigenvalue weighted by molar-refractivity contribution is 7.99. The summed E-state index contributed by atoms with van der Waals surface area (Å²) in [6.07, 6.45) is 0. The van der Waals surface area contributed by atoms with Gasteiger partial charge >= 0.3 is 0 Å². The molecule has 0 spiro atoms. The lowest BCUT2D eigenvalue weighted by Gasteiger charge is -2.34. The molecule has 0 unspecified atom stereocenters. The molecule has 0 N–H and O–H groups in total. The zero-order valence-electron chi connectivity index (χ0n) is 15.7. The summed E-state index contributed by atoms with van der Waals surface area (Å²) in [5.74, 6) is 0.395. The van der Waals surface area contributed by atoms with Crippen LogP contribution in [0, 0.1) is 0 Å². The van der Waals surface area contributed by atoms with Crippen LogP contribution in [0.4, 0.5) is 0 Å². The van der Waals surface area contributed by atoms with Crippen LogP contribution in [0.1, 0.15) is 4.88 Å². The SMILES string of the molecule is Cn1c(SCC(=O)N2CCN(Cc3cccs3)CC2)nc2ccccc2c1=O. The van der Waals surface area contributed by atoms with Crippen molar-refractivity contribution >= 4 is 39.9 Å². The molecule has 1 fully saturated rings. The molecule has 0 bridgehead atoms. The molecule has 2 aromatic heterocycles. The van der Waals surface area contributed by atoms with Crippen molar-refractivity contribution < 1.29 is 4.79 Å². The van der Waals surface area contributed by atoms with Crippen LogP contribution in [0.2, 0.25) is 0 Å². The topological polar surface area (TPSA) is 58.4 Å². The zero-order chi connectivity index (χ0) is 19.5. The second-order valence-electron chi connectivity index (χ2n) is 6.80. The Bertz CT molecular complexity index is 1020. The minimum Gasteiger partial charge on any atom is -0.339 e. The molecular weight excluding hydrogens is 392 g/mol. The van der Waals surface area contributed by atoms with Crippen LogP contribution in [0.3, 0.4) is 0 Å². The molecule has 4 rings (SSSR count). The summed E-state index contributed by atoms with van der Waals surface area (Å²) in [7, 11) is 1.71.